The van der Waals surface area contributed by atoms with Crippen LogP contribution < -0.4 is 0 Å². The summed E-state index contributed by atoms with van der Waals surface area (Å²) in [4.78, 5) is 42.2. The minimum Gasteiger partial charge on any atom is -0.455 e. The van der Waals surface area contributed by atoms with Crippen molar-refractivity contribution < 1.29 is 28.7 Å². The Hall–Kier alpha value is -2.50. The van der Waals surface area contributed by atoms with Gasteiger partial charge in [0.25, 0.3) is 5.78 Å². The molecule has 1 unspecified atom stereocenters. The van der Waals surface area contributed by atoms with Gasteiger partial charge in [0.15, 0.2) is 6.10 Å². The summed E-state index contributed by atoms with van der Waals surface area (Å²) in [6.45, 7) is 10.8. The average Bonchev–Trinajstić information content (AvgIpc) is 2.61. The molecule has 134 valence electrons. The Morgan fingerprint density at radius 2 is 1.58 bits per heavy atom. The Morgan fingerprint density at radius 3 is 2.00 bits per heavy atom. The van der Waals surface area contributed by atoms with Crippen molar-refractivity contribution in [2.75, 3.05) is 0 Å². The molecule has 0 amide bonds. The lowest BCUT2D eigenvalue weighted by Gasteiger charge is -2.13. The minimum atomic E-state index is -1.07. The maximum atomic E-state index is 11.7. The number of benzene rings is 1. The second-order valence-electron chi connectivity index (χ2n) is 4.43. The molecule has 24 heavy (non-hydrogen) atoms. The van der Waals surface area contributed by atoms with Crippen LogP contribution in [0.15, 0.2) is 24.3 Å². The number of esters is 2. The Kier molecular flexibility index (Phi) is 14.0. The van der Waals surface area contributed by atoms with Crippen LogP contribution in [0.5, 0.6) is 0 Å². The molecule has 0 saturated heterocycles. The molecule has 0 N–H and O–H groups in total. The van der Waals surface area contributed by atoms with E-state index >= 15 is 0 Å². The van der Waals surface area contributed by atoms with Gasteiger partial charge in [-0.25, -0.2) is 4.79 Å². The fourth-order valence-corrected chi connectivity index (χ4v) is 1.56. The molecule has 0 aromatic heterocycles. The Balaban J connectivity index is 0. The van der Waals surface area contributed by atoms with E-state index in [-0.39, 0.29) is 13.0 Å². The van der Waals surface area contributed by atoms with Gasteiger partial charge < -0.3 is 14.3 Å². The summed E-state index contributed by atoms with van der Waals surface area (Å²) in [6.07, 6.45) is -0.837. The van der Waals surface area contributed by atoms with Gasteiger partial charge in [0.2, 0.25) is 0 Å². The highest BCUT2D eigenvalue weighted by Crippen LogP contribution is 2.07. The highest BCUT2D eigenvalue weighted by molar-refractivity contribution is 6.35. The summed E-state index contributed by atoms with van der Waals surface area (Å²) in [5, 5.41) is 0. The van der Waals surface area contributed by atoms with E-state index in [0.717, 1.165) is 11.1 Å². The predicted molar refractivity (Wildman–Crippen MR) is 90.3 cm³/mol. The molecule has 1 atom stereocenters. The SMILES string of the molecule is C=O.CC.CCC(OC(C)=O)C(=O)C(=O)OCc1ccc(C)cc1. The van der Waals surface area contributed by atoms with Gasteiger partial charge in [-0.15, -0.1) is 0 Å². The summed E-state index contributed by atoms with van der Waals surface area (Å²) in [5.41, 5.74) is 1.88. The quantitative estimate of drug-likeness (QED) is 0.585. The summed E-state index contributed by atoms with van der Waals surface area (Å²) in [5.74, 6) is -2.43. The second-order valence-corrected chi connectivity index (χ2v) is 4.43. The van der Waals surface area contributed by atoms with E-state index in [9.17, 15) is 14.4 Å². The van der Waals surface area contributed by atoms with Crippen LogP contribution in [0.25, 0.3) is 0 Å². The average molecular weight is 338 g/mol. The number of Topliss-reactive ketones (excluding diaryl/α,β-unsaturated/α-hetero) is 1. The number of ketones is 1. The summed E-state index contributed by atoms with van der Waals surface area (Å²) < 4.78 is 9.68. The number of carbonyl (C=O) groups is 4. The van der Waals surface area contributed by atoms with Gasteiger partial charge in [-0.1, -0.05) is 50.6 Å². The second kappa shape index (κ2) is 14.1. The largest absolute Gasteiger partial charge is 0.455 e. The summed E-state index contributed by atoms with van der Waals surface area (Å²) in [6, 6.07) is 7.41. The van der Waals surface area contributed by atoms with E-state index in [1.807, 2.05) is 51.8 Å². The first-order chi connectivity index (χ1) is 11.4. The molecule has 1 rings (SSSR count). The number of rotatable bonds is 6. The third kappa shape index (κ3) is 9.50. The van der Waals surface area contributed by atoms with Crippen molar-refractivity contribution in [3.05, 3.63) is 35.4 Å². The van der Waals surface area contributed by atoms with Crippen LogP contribution >= 0.6 is 0 Å². The Morgan fingerprint density at radius 1 is 1.08 bits per heavy atom. The van der Waals surface area contributed by atoms with Gasteiger partial charge in [-0.3, -0.25) is 9.59 Å². The maximum Gasteiger partial charge on any atom is 0.379 e. The zero-order valence-electron chi connectivity index (χ0n) is 15.0. The lowest BCUT2D eigenvalue weighted by Crippen LogP contribution is -2.33. The number of hydrogen-bond acceptors (Lipinski definition) is 6. The van der Waals surface area contributed by atoms with E-state index < -0.39 is 23.8 Å². The Bertz CT molecular complexity index is 507. The van der Waals surface area contributed by atoms with Crippen molar-refractivity contribution in [3.63, 3.8) is 0 Å². The van der Waals surface area contributed by atoms with E-state index in [4.69, 9.17) is 14.3 Å². The van der Waals surface area contributed by atoms with Gasteiger partial charge in [0.1, 0.15) is 13.4 Å². The predicted octanol–water partition coefficient (Wildman–Crippen LogP) is 2.79. The molecule has 0 saturated carbocycles. The first-order valence-corrected chi connectivity index (χ1v) is 7.66. The third-order valence-electron chi connectivity index (χ3n) is 2.66. The molecule has 6 nitrogen and oxygen atoms in total. The molecule has 0 fully saturated rings. The van der Waals surface area contributed by atoms with Crippen molar-refractivity contribution in [2.45, 2.75) is 53.8 Å². The van der Waals surface area contributed by atoms with Crippen molar-refractivity contribution in [2.24, 2.45) is 0 Å². The molecule has 0 bridgehead atoms. The van der Waals surface area contributed by atoms with E-state index in [1.54, 1.807) is 6.92 Å². The van der Waals surface area contributed by atoms with Crippen LogP contribution in [0, 0.1) is 6.92 Å². The van der Waals surface area contributed by atoms with Crippen molar-refractivity contribution in [1.82, 2.24) is 0 Å². The highest BCUT2D eigenvalue weighted by atomic mass is 16.6. The number of ether oxygens (including phenoxy) is 2. The summed E-state index contributed by atoms with van der Waals surface area (Å²) >= 11 is 0. The highest BCUT2D eigenvalue weighted by Gasteiger charge is 2.27. The first kappa shape index (κ1) is 23.8. The van der Waals surface area contributed by atoms with E-state index in [2.05, 4.69) is 0 Å². The van der Waals surface area contributed by atoms with Crippen LogP contribution in [0.4, 0.5) is 0 Å². The van der Waals surface area contributed by atoms with Gasteiger partial charge in [0, 0.05) is 6.92 Å². The molecule has 6 heteroatoms. The lowest BCUT2D eigenvalue weighted by atomic mass is 10.1. The third-order valence-corrected chi connectivity index (χ3v) is 2.66. The summed E-state index contributed by atoms with van der Waals surface area (Å²) in [7, 11) is 0. The lowest BCUT2D eigenvalue weighted by molar-refractivity contribution is -0.164. The van der Waals surface area contributed by atoms with E-state index in [0.29, 0.717) is 0 Å². The molecular weight excluding hydrogens is 312 g/mol. The van der Waals surface area contributed by atoms with Crippen LogP contribution in [-0.4, -0.2) is 30.6 Å². The first-order valence-electron chi connectivity index (χ1n) is 7.66. The van der Waals surface area contributed by atoms with Gasteiger partial charge in [-0.05, 0) is 18.9 Å². The zero-order valence-corrected chi connectivity index (χ0v) is 15.0. The fraction of sp³-hybridized carbons (Fsp3) is 0.444. The standard InChI is InChI=1S/C15H18O5.C2H6.CH2O/c1-4-13(20-11(3)16)14(17)15(18)19-9-12-7-5-10(2)6-8-12;2*1-2/h5-8,13H,4,9H2,1-3H3;1-2H3;1H2. The maximum absolute atomic E-state index is 11.7. The molecule has 0 radical (unpaired) electrons. The van der Waals surface area contributed by atoms with Gasteiger partial charge >= 0.3 is 11.9 Å². The molecule has 0 heterocycles. The minimum absolute atomic E-state index is 0.0152. The van der Waals surface area contributed by atoms with Crippen molar-refractivity contribution >= 4 is 24.5 Å². The molecule has 0 aliphatic heterocycles. The number of aryl methyl sites for hydroxylation is 1. The molecule has 0 aliphatic rings. The normalized spacial score (nSPS) is 10.0. The molecule has 1 aromatic carbocycles. The number of carbonyl (C=O) groups excluding carboxylic acids is 4. The van der Waals surface area contributed by atoms with Crippen LogP contribution in [0.3, 0.4) is 0 Å². The van der Waals surface area contributed by atoms with Crippen molar-refractivity contribution in [1.29, 1.82) is 0 Å². The van der Waals surface area contributed by atoms with Crippen LogP contribution in [0.2, 0.25) is 0 Å². The van der Waals surface area contributed by atoms with Gasteiger partial charge in [-0.2, -0.15) is 0 Å². The molecule has 1 aromatic rings. The molecule has 0 aliphatic carbocycles. The van der Waals surface area contributed by atoms with Crippen LogP contribution in [0.1, 0.15) is 45.2 Å². The zero-order chi connectivity index (χ0) is 19.1. The van der Waals surface area contributed by atoms with Gasteiger partial charge in [0.05, 0.1) is 0 Å². The molecular formula is C18H26O6. The topological polar surface area (TPSA) is 86.7 Å². The Labute approximate surface area is 143 Å². The monoisotopic (exact) mass is 338 g/mol. The molecule has 0 spiro atoms. The smallest absolute Gasteiger partial charge is 0.379 e. The fourth-order valence-electron chi connectivity index (χ4n) is 1.56. The van der Waals surface area contributed by atoms with Crippen LogP contribution in [-0.2, 0) is 35.3 Å². The van der Waals surface area contributed by atoms with Crippen molar-refractivity contribution in [3.8, 4) is 0 Å². The van der Waals surface area contributed by atoms with E-state index in [1.165, 1.54) is 6.92 Å². The number of hydrogen-bond donors (Lipinski definition) is 0.